The third-order valence-corrected chi connectivity index (χ3v) is 3.85. The van der Waals surface area contributed by atoms with Gasteiger partial charge in [-0.05, 0) is 30.6 Å². The van der Waals surface area contributed by atoms with Crippen molar-refractivity contribution >= 4 is 0 Å². The van der Waals surface area contributed by atoms with Crippen molar-refractivity contribution in [2.24, 2.45) is 23.5 Å². The maximum atomic E-state index is 5.99. The van der Waals surface area contributed by atoms with E-state index >= 15 is 0 Å². The van der Waals surface area contributed by atoms with E-state index in [9.17, 15) is 0 Å². The molecule has 2 saturated carbocycles. The van der Waals surface area contributed by atoms with Gasteiger partial charge in [-0.25, -0.2) is 0 Å². The van der Waals surface area contributed by atoms with Crippen molar-refractivity contribution in [3.63, 3.8) is 0 Å². The number of nitrogens with two attached hydrogens (primary N) is 1. The van der Waals surface area contributed by atoms with Gasteiger partial charge in [0.2, 0.25) is 0 Å². The highest BCUT2D eigenvalue weighted by Crippen LogP contribution is 2.43. The van der Waals surface area contributed by atoms with E-state index in [1.54, 1.807) is 0 Å². The molecular weight excluding hydrogens is 134 g/mol. The molecule has 2 bridgehead atoms. The smallest absolute Gasteiger partial charge is 0.00443 e. The summed E-state index contributed by atoms with van der Waals surface area (Å²) >= 11 is 0. The third-order valence-electron chi connectivity index (χ3n) is 3.85. The molecule has 0 saturated heterocycles. The molecule has 0 spiro atoms. The standard InChI is InChI=1S/C10H19N/c1-7-8-3-2-4-9(7)6-10(11)5-8/h7-10H,2-6,11H2,1H3. The van der Waals surface area contributed by atoms with Crippen LogP contribution in [0.2, 0.25) is 0 Å². The zero-order chi connectivity index (χ0) is 7.84. The first-order valence-electron chi connectivity index (χ1n) is 5.03. The van der Waals surface area contributed by atoms with Crippen LogP contribution in [-0.4, -0.2) is 6.04 Å². The summed E-state index contributed by atoms with van der Waals surface area (Å²) in [7, 11) is 0. The lowest BCUT2D eigenvalue weighted by Crippen LogP contribution is -2.40. The summed E-state index contributed by atoms with van der Waals surface area (Å²) < 4.78 is 0. The van der Waals surface area contributed by atoms with Crippen LogP contribution in [0.3, 0.4) is 0 Å². The summed E-state index contributed by atoms with van der Waals surface area (Å²) in [5.41, 5.74) is 5.99. The molecule has 0 heterocycles. The van der Waals surface area contributed by atoms with Crippen molar-refractivity contribution in [1.82, 2.24) is 0 Å². The predicted octanol–water partition coefficient (Wildman–Crippen LogP) is 2.16. The zero-order valence-corrected chi connectivity index (χ0v) is 7.42. The fourth-order valence-corrected chi connectivity index (χ4v) is 3.09. The first-order valence-corrected chi connectivity index (χ1v) is 5.03. The largest absolute Gasteiger partial charge is 0.328 e. The Bertz CT molecular complexity index is 130. The van der Waals surface area contributed by atoms with Gasteiger partial charge in [0.1, 0.15) is 0 Å². The van der Waals surface area contributed by atoms with Crippen molar-refractivity contribution in [3.8, 4) is 0 Å². The fourth-order valence-electron chi connectivity index (χ4n) is 3.09. The van der Waals surface area contributed by atoms with Crippen LogP contribution in [-0.2, 0) is 0 Å². The Kier molecular flexibility index (Phi) is 1.92. The highest BCUT2D eigenvalue weighted by atomic mass is 14.7. The van der Waals surface area contributed by atoms with Gasteiger partial charge in [-0.15, -0.1) is 0 Å². The minimum atomic E-state index is 0.529. The highest BCUT2D eigenvalue weighted by Gasteiger charge is 2.35. The Labute approximate surface area is 69.4 Å². The van der Waals surface area contributed by atoms with Gasteiger partial charge in [0.25, 0.3) is 0 Å². The lowest BCUT2D eigenvalue weighted by molar-refractivity contribution is 0.0936. The number of rotatable bonds is 0. The highest BCUT2D eigenvalue weighted by molar-refractivity contribution is 4.88. The molecule has 2 unspecified atom stereocenters. The average molecular weight is 153 g/mol. The van der Waals surface area contributed by atoms with E-state index in [-0.39, 0.29) is 0 Å². The zero-order valence-electron chi connectivity index (χ0n) is 7.42. The van der Waals surface area contributed by atoms with E-state index in [2.05, 4.69) is 6.92 Å². The lowest BCUT2D eigenvalue weighted by Gasteiger charge is -2.43. The maximum Gasteiger partial charge on any atom is 0.00443 e. The van der Waals surface area contributed by atoms with E-state index in [0.717, 1.165) is 17.8 Å². The first-order chi connectivity index (χ1) is 5.27. The second-order valence-electron chi connectivity index (χ2n) is 4.54. The quantitative estimate of drug-likeness (QED) is 0.567. The lowest BCUT2D eigenvalue weighted by atomic mass is 9.64. The third kappa shape index (κ3) is 1.31. The van der Waals surface area contributed by atoms with Gasteiger partial charge >= 0.3 is 0 Å². The molecule has 2 N–H and O–H groups in total. The minimum absolute atomic E-state index is 0.529. The second kappa shape index (κ2) is 2.78. The number of hydrogen-bond acceptors (Lipinski definition) is 1. The van der Waals surface area contributed by atoms with Gasteiger partial charge in [-0.3, -0.25) is 0 Å². The summed E-state index contributed by atoms with van der Waals surface area (Å²) in [6, 6.07) is 0.529. The van der Waals surface area contributed by atoms with Gasteiger partial charge in [0.15, 0.2) is 0 Å². The van der Waals surface area contributed by atoms with Gasteiger partial charge in [0, 0.05) is 6.04 Å². The SMILES string of the molecule is CC1C2CCCC1CC(N)C2. The average Bonchev–Trinajstić information content (AvgIpc) is 1.92. The van der Waals surface area contributed by atoms with Gasteiger partial charge in [-0.2, -0.15) is 0 Å². The molecular formula is C10H19N. The molecule has 0 radical (unpaired) electrons. The Morgan fingerprint density at radius 2 is 1.64 bits per heavy atom. The molecule has 0 aromatic carbocycles. The molecule has 0 amide bonds. The molecule has 1 heteroatoms. The molecule has 64 valence electrons. The Balaban J connectivity index is 2.07. The Morgan fingerprint density at radius 1 is 1.09 bits per heavy atom. The molecule has 11 heavy (non-hydrogen) atoms. The van der Waals surface area contributed by atoms with Crippen molar-refractivity contribution in [2.45, 2.75) is 45.1 Å². The van der Waals surface area contributed by atoms with E-state index in [4.69, 9.17) is 5.73 Å². The summed E-state index contributed by atoms with van der Waals surface area (Å²) in [6.07, 6.45) is 6.97. The van der Waals surface area contributed by atoms with E-state index in [1.165, 1.54) is 32.1 Å². The van der Waals surface area contributed by atoms with Gasteiger partial charge in [0.05, 0.1) is 0 Å². The first kappa shape index (κ1) is 7.60. The van der Waals surface area contributed by atoms with Gasteiger partial charge in [-0.1, -0.05) is 26.2 Å². The molecule has 2 aliphatic rings. The van der Waals surface area contributed by atoms with Gasteiger partial charge < -0.3 is 5.73 Å². The molecule has 0 aromatic rings. The van der Waals surface area contributed by atoms with Crippen LogP contribution < -0.4 is 5.73 Å². The molecule has 2 aliphatic carbocycles. The molecule has 2 rings (SSSR count). The van der Waals surface area contributed by atoms with Crippen LogP contribution in [0.4, 0.5) is 0 Å². The normalized spacial score (nSPS) is 50.7. The van der Waals surface area contributed by atoms with E-state index in [0.29, 0.717) is 6.04 Å². The topological polar surface area (TPSA) is 26.0 Å². The summed E-state index contributed by atoms with van der Waals surface area (Å²) in [5.74, 6) is 2.92. The van der Waals surface area contributed by atoms with Crippen molar-refractivity contribution in [2.75, 3.05) is 0 Å². The van der Waals surface area contributed by atoms with Crippen LogP contribution in [0.15, 0.2) is 0 Å². The van der Waals surface area contributed by atoms with E-state index in [1.807, 2.05) is 0 Å². The van der Waals surface area contributed by atoms with Crippen molar-refractivity contribution < 1.29 is 0 Å². The van der Waals surface area contributed by atoms with Crippen LogP contribution in [0.5, 0.6) is 0 Å². The Hall–Kier alpha value is -0.0400. The molecule has 0 aliphatic heterocycles. The van der Waals surface area contributed by atoms with Crippen LogP contribution >= 0.6 is 0 Å². The summed E-state index contributed by atoms with van der Waals surface area (Å²) in [5, 5.41) is 0. The van der Waals surface area contributed by atoms with Crippen molar-refractivity contribution in [3.05, 3.63) is 0 Å². The maximum absolute atomic E-state index is 5.99. The summed E-state index contributed by atoms with van der Waals surface area (Å²) in [4.78, 5) is 0. The van der Waals surface area contributed by atoms with Crippen LogP contribution in [0.25, 0.3) is 0 Å². The van der Waals surface area contributed by atoms with Crippen LogP contribution in [0, 0.1) is 17.8 Å². The molecule has 2 atom stereocenters. The molecule has 1 nitrogen and oxygen atoms in total. The number of fused-ring (bicyclic) bond motifs is 2. The number of hydrogen-bond donors (Lipinski definition) is 1. The predicted molar refractivity (Wildman–Crippen MR) is 47.2 cm³/mol. The van der Waals surface area contributed by atoms with Crippen LogP contribution in [0.1, 0.15) is 39.0 Å². The monoisotopic (exact) mass is 153 g/mol. The molecule has 0 aromatic heterocycles. The van der Waals surface area contributed by atoms with E-state index < -0.39 is 0 Å². The Morgan fingerprint density at radius 3 is 2.18 bits per heavy atom. The van der Waals surface area contributed by atoms with Crippen molar-refractivity contribution in [1.29, 1.82) is 0 Å². The summed E-state index contributed by atoms with van der Waals surface area (Å²) in [6.45, 7) is 2.43. The molecule has 2 fully saturated rings. The fraction of sp³-hybridized carbons (Fsp3) is 1.00. The second-order valence-corrected chi connectivity index (χ2v) is 4.54. The minimum Gasteiger partial charge on any atom is -0.328 e.